The van der Waals surface area contributed by atoms with E-state index in [9.17, 15) is 35.9 Å². The van der Waals surface area contributed by atoms with Gasteiger partial charge in [0.05, 0.1) is 7.11 Å². The quantitative estimate of drug-likeness (QED) is 0.135. The summed E-state index contributed by atoms with van der Waals surface area (Å²) in [5.41, 5.74) is -7.54. The van der Waals surface area contributed by atoms with Gasteiger partial charge >= 0.3 is 24.3 Å². The first kappa shape index (κ1) is 34.4. The molecule has 0 aliphatic rings. The maximum absolute atomic E-state index is 14.4. The van der Waals surface area contributed by atoms with Crippen molar-refractivity contribution >= 4 is 11.9 Å². The van der Waals surface area contributed by atoms with Gasteiger partial charge in [0.15, 0.2) is 0 Å². The minimum atomic E-state index is -5.23. The van der Waals surface area contributed by atoms with Crippen molar-refractivity contribution in [1.82, 2.24) is 0 Å². The van der Waals surface area contributed by atoms with Gasteiger partial charge in [-0.15, -0.1) is 0 Å². The van der Waals surface area contributed by atoms with Crippen molar-refractivity contribution in [2.24, 2.45) is 0 Å². The number of carbonyl (C=O) groups excluding carboxylic acids is 2. The lowest BCUT2D eigenvalue weighted by Crippen LogP contribution is -2.52. The number of rotatable bonds is 11. The Kier molecular flexibility index (Phi) is 10.4. The number of hydrogen-bond acceptors (Lipinski definition) is 7. The maximum Gasteiger partial charge on any atom is 0.432 e. The number of hydrogen-bond donors (Lipinski definition) is 0. The lowest BCUT2D eigenvalue weighted by molar-refractivity contribution is -0.278. The Morgan fingerprint density at radius 1 is 0.727 bits per heavy atom. The summed E-state index contributed by atoms with van der Waals surface area (Å²) in [6.45, 7) is 2.73. The van der Waals surface area contributed by atoms with E-state index in [0.29, 0.717) is 0 Å². The molecule has 0 unspecified atom stereocenters. The summed E-state index contributed by atoms with van der Waals surface area (Å²) in [7, 11) is 2.70. The highest BCUT2D eigenvalue weighted by Crippen LogP contribution is 2.45. The number of alkyl halides is 6. The molecule has 3 aromatic carbocycles. The molecule has 7 nitrogen and oxygen atoms in total. The van der Waals surface area contributed by atoms with Crippen LogP contribution >= 0.6 is 0 Å². The monoisotopic (exact) mass is 628 g/mol. The third-order valence-electron chi connectivity index (χ3n) is 7.04. The van der Waals surface area contributed by atoms with E-state index in [4.69, 9.17) is 23.7 Å². The molecular weight excluding hydrogens is 598 g/mol. The van der Waals surface area contributed by atoms with E-state index in [2.05, 4.69) is 0 Å². The maximum atomic E-state index is 14.4. The SMILES string of the molecule is COc1cc(C[C@H](C)OC(=O)[C@](OC)(c2ccccc2)C(F)(F)F)c(C)c(OC(=O)[C@](OC)(c2ccccc2)C(F)(F)F)c1. The van der Waals surface area contributed by atoms with Crippen LogP contribution in [0, 0.1) is 6.92 Å². The highest BCUT2D eigenvalue weighted by molar-refractivity contribution is 5.85. The van der Waals surface area contributed by atoms with Crippen LogP contribution in [0.4, 0.5) is 26.3 Å². The highest BCUT2D eigenvalue weighted by atomic mass is 19.4. The molecule has 44 heavy (non-hydrogen) atoms. The Balaban J connectivity index is 1.96. The first-order chi connectivity index (χ1) is 20.6. The second-order valence-corrected chi connectivity index (χ2v) is 9.72. The fourth-order valence-corrected chi connectivity index (χ4v) is 4.72. The van der Waals surface area contributed by atoms with Crippen molar-refractivity contribution in [1.29, 1.82) is 0 Å². The van der Waals surface area contributed by atoms with Crippen LogP contribution in [0.15, 0.2) is 72.8 Å². The van der Waals surface area contributed by atoms with E-state index in [1.165, 1.54) is 69.5 Å². The Hall–Kier alpha value is -4.10. The Morgan fingerprint density at radius 2 is 1.18 bits per heavy atom. The van der Waals surface area contributed by atoms with E-state index in [0.717, 1.165) is 38.5 Å². The molecule has 0 aliphatic heterocycles. The number of methoxy groups -OCH3 is 3. The van der Waals surface area contributed by atoms with Crippen molar-refractivity contribution in [3.63, 3.8) is 0 Å². The minimum Gasteiger partial charge on any atom is -0.497 e. The van der Waals surface area contributed by atoms with Crippen molar-refractivity contribution < 1.29 is 59.6 Å². The zero-order valence-corrected chi connectivity index (χ0v) is 24.3. The molecule has 0 radical (unpaired) electrons. The molecule has 0 fully saturated rings. The lowest BCUT2D eigenvalue weighted by Gasteiger charge is -2.33. The second-order valence-electron chi connectivity index (χ2n) is 9.72. The van der Waals surface area contributed by atoms with Gasteiger partial charge in [0.1, 0.15) is 17.6 Å². The van der Waals surface area contributed by atoms with Gasteiger partial charge in [-0.3, -0.25) is 0 Å². The first-order valence-corrected chi connectivity index (χ1v) is 13.0. The predicted octanol–water partition coefficient (Wildman–Crippen LogP) is 6.59. The van der Waals surface area contributed by atoms with Crippen LogP contribution in [0.25, 0.3) is 0 Å². The number of benzene rings is 3. The minimum absolute atomic E-state index is 0.0486. The van der Waals surface area contributed by atoms with E-state index >= 15 is 0 Å². The number of ether oxygens (including phenoxy) is 5. The average Bonchev–Trinajstić information content (AvgIpc) is 2.96. The van der Waals surface area contributed by atoms with Gasteiger partial charge in [0, 0.05) is 37.8 Å². The van der Waals surface area contributed by atoms with E-state index in [1.807, 2.05) is 0 Å². The molecule has 238 valence electrons. The molecule has 0 bridgehead atoms. The molecule has 0 saturated carbocycles. The standard InChI is InChI=1S/C31H30F6O7/c1-19(43-26(38)28(41-4,30(32,33)34)22-12-8-6-9-13-22)16-21-17-24(40-3)18-25(20(21)2)44-27(39)29(42-5,31(35,36)37)23-14-10-7-11-15-23/h6-15,17-19H,16H2,1-5H3/t19-,28+,29+/m0/s1. The topological polar surface area (TPSA) is 80.3 Å². The summed E-state index contributed by atoms with van der Waals surface area (Å²) in [4.78, 5) is 26.3. The summed E-state index contributed by atoms with van der Waals surface area (Å²) in [5, 5.41) is 0. The molecule has 0 N–H and O–H groups in total. The Labute approximate surface area is 249 Å². The third-order valence-corrected chi connectivity index (χ3v) is 7.04. The molecule has 0 heterocycles. The number of esters is 2. The van der Waals surface area contributed by atoms with Crippen LogP contribution in [0.2, 0.25) is 0 Å². The van der Waals surface area contributed by atoms with Crippen LogP contribution in [-0.4, -0.2) is 51.7 Å². The molecule has 0 amide bonds. The van der Waals surface area contributed by atoms with Crippen molar-refractivity contribution in [2.45, 2.75) is 49.9 Å². The van der Waals surface area contributed by atoms with Crippen LogP contribution in [-0.2, 0) is 41.4 Å². The molecule has 13 heteroatoms. The second kappa shape index (κ2) is 13.3. The van der Waals surface area contributed by atoms with Gasteiger partial charge < -0.3 is 23.7 Å². The molecule has 3 atom stereocenters. The summed E-state index contributed by atoms with van der Waals surface area (Å²) >= 11 is 0. The summed E-state index contributed by atoms with van der Waals surface area (Å²) in [5.74, 6) is -3.81. The summed E-state index contributed by atoms with van der Waals surface area (Å²) in [6.07, 6.45) is -11.9. The highest BCUT2D eigenvalue weighted by Gasteiger charge is 2.65. The molecule has 3 aromatic rings. The Bertz CT molecular complexity index is 1440. The van der Waals surface area contributed by atoms with Gasteiger partial charge in [-0.2, -0.15) is 26.3 Å². The largest absolute Gasteiger partial charge is 0.497 e. The van der Waals surface area contributed by atoms with E-state index < -0.39 is 52.7 Å². The molecule has 0 aromatic heterocycles. The van der Waals surface area contributed by atoms with Crippen molar-refractivity contribution in [3.05, 3.63) is 95.1 Å². The van der Waals surface area contributed by atoms with Crippen LogP contribution in [0.3, 0.4) is 0 Å². The number of halogens is 6. The van der Waals surface area contributed by atoms with Gasteiger partial charge in [0.25, 0.3) is 11.2 Å². The number of carbonyl (C=O) groups is 2. The van der Waals surface area contributed by atoms with E-state index in [-0.39, 0.29) is 29.0 Å². The molecule has 0 aliphatic carbocycles. The molecule has 3 rings (SSSR count). The lowest BCUT2D eigenvalue weighted by atomic mass is 9.92. The van der Waals surface area contributed by atoms with Crippen LogP contribution in [0.5, 0.6) is 11.5 Å². The molecular formula is C31H30F6O7. The van der Waals surface area contributed by atoms with E-state index in [1.54, 1.807) is 0 Å². The fourth-order valence-electron chi connectivity index (χ4n) is 4.72. The normalized spacial score (nSPS) is 15.4. The fraction of sp³-hybridized carbons (Fsp3) is 0.355. The zero-order chi connectivity index (χ0) is 32.9. The average molecular weight is 629 g/mol. The summed E-state index contributed by atoms with van der Waals surface area (Å²) < 4.78 is 111. The Morgan fingerprint density at radius 3 is 1.59 bits per heavy atom. The molecule has 0 spiro atoms. The van der Waals surface area contributed by atoms with Gasteiger partial charge in [-0.05, 0) is 31.0 Å². The van der Waals surface area contributed by atoms with Gasteiger partial charge in [-0.1, -0.05) is 60.7 Å². The molecule has 0 saturated heterocycles. The zero-order valence-electron chi connectivity index (χ0n) is 24.3. The predicted molar refractivity (Wildman–Crippen MR) is 145 cm³/mol. The third kappa shape index (κ3) is 6.39. The van der Waals surface area contributed by atoms with Crippen LogP contribution < -0.4 is 9.47 Å². The van der Waals surface area contributed by atoms with Crippen LogP contribution in [0.1, 0.15) is 29.2 Å². The van der Waals surface area contributed by atoms with Crippen molar-refractivity contribution in [2.75, 3.05) is 21.3 Å². The van der Waals surface area contributed by atoms with Gasteiger partial charge in [0.2, 0.25) is 0 Å². The van der Waals surface area contributed by atoms with Gasteiger partial charge in [-0.25, -0.2) is 9.59 Å². The smallest absolute Gasteiger partial charge is 0.432 e. The summed E-state index contributed by atoms with van der Waals surface area (Å²) in [6, 6.07) is 15.0. The van der Waals surface area contributed by atoms with Crippen molar-refractivity contribution in [3.8, 4) is 11.5 Å². The first-order valence-electron chi connectivity index (χ1n) is 13.0.